The summed E-state index contributed by atoms with van der Waals surface area (Å²) in [5.41, 5.74) is 3.33. The Hall–Kier alpha value is -3.57. The number of benzene rings is 4. The lowest BCUT2D eigenvalue weighted by atomic mass is 9.79. The summed E-state index contributed by atoms with van der Waals surface area (Å²) in [5.74, 6) is 2.74. The van der Waals surface area contributed by atoms with Gasteiger partial charge in [0.2, 0.25) is 5.91 Å². The number of anilines is 1. The maximum absolute atomic E-state index is 13.0. The van der Waals surface area contributed by atoms with E-state index in [1.165, 1.54) is 32.7 Å². The van der Waals surface area contributed by atoms with Crippen molar-refractivity contribution in [1.82, 2.24) is 0 Å². The monoisotopic (exact) mass is 361 g/mol. The number of carbonyl (C=O) groups excluding carboxylic acids is 1. The Labute approximate surface area is 164 Å². The first-order chi connectivity index (χ1) is 13.8. The Morgan fingerprint density at radius 2 is 1.54 bits per heavy atom. The first-order valence-electron chi connectivity index (χ1n) is 9.51. The molecule has 0 saturated heterocycles. The quantitative estimate of drug-likeness (QED) is 0.432. The zero-order valence-electron chi connectivity index (χ0n) is 15.4. The van der Waals surface area contributed by atoms with Gasteiger partial charge in [0, 0.05) is 18.0 Å². The third kappa shape index (κ3) is 2.48. The summed E-state index contributed by atoms with van der Waals surface area (Å²) in [7, 11) is 0. The van der Waals surface area contributed by atoms with Crippen molar-refractivity contribution in [3.8, 4) is 12.3 Å². The average Bonchev–Trinajstić information content (AvgIpc) is 2.74. The van der Waals surface area contributed by atoms with Crippen LogP contribution < -0.4 is 4.90 Å². The van der Waals surface area contributed by atoms with Crippen molar-refractivity contribution >= 4 is 33.1 Å². The molecule has 0 aliphatic carbocycles. The maximum Gasteiger partial charge on any atom is 0.228 e. The highest BCUT2D eigenvalue weighted by Gasteiger charge is 2.33. The van der Waals surface area contributed by atoms with Gasteiger partial charge in [-0.15, -0.1) is 6.42 Å². The molecule has 0 bridgehead atoms. The van der Waals surface area contributed by atoms with Crippen LogP contribution in [0.15, 0.2) is 78.9 Å². The molecule has 0 N–H and O–H groups in total. The number of fused-ring (bicyclic) bond motifs is 4. The van der Waals surface area contributed by atoms with Crippen LogP contribution in [0.4, 0.5) is 5.69 Å². The first kappa shape index (κ1) is 16.6. The molecule has 0 radical (unpaired) electrons. The molecule has 2 nitrogen and oxygen atoms in total. The Balaban J connectivity index is 1.83. The van der Waals surface area contributed by atoms with E-state index >= 15 is 0 Å². The van der Waals surface area contributed by atoms with E-state index in [-0.39, 0.29) is 11.8 Å². The molecule has 134 valence electrons. The van der Waals surface area contributed by atoms with Crippen LogP contribution in [0, 0.1) is 12.3 Å². The van der Waals surface area contributed by atoms with Crippen molar-refractivity contribution in [3.05, 3.63) is 90.0 Å². The van der Waals surface area contributed by atoms with Crippen molar-refractivity contribution in [2.24, 2.45) is 0 Å². The van der Waals surface area contributed by atoms with Gasteiger partial charge in [-0.05, 0) is 38.7 Å². The summed E-state index contributed by atoms with van der Waals surface area (Å²) in [4.78, 5) is 14.8. The van der Waals surface area contributed by atoms with E-state index in [1.807, 2.05) is 6.07 Å². The van der Waals surface area contributed by atoms with Crippen molar-refractivity contribution in [3.63, 3.8) is 0 Å². The van der Waals surface area contributed by atoms with E-state index in [9.17, 15) is 4.79 Å². The second-order valence-electron chi connectivity index (χ2n) is 7.23. The van der Waals surface area contributed by atoms with Gasteiger partial charge in [-0.1, -0.05) is 78.7 Å². The number of hydrogen-bond donors (Lipinski definition) is 0. The van der Waals surface area contributed by atoms with Gasteiger partial charge >= 0.3 is 0 Å². The van der Waals surface area contributed by atoms with Gasteiger partial charge in [-0.25, -0.2) is 0 Å². The molecule has 28 heavy (non-hydrogen) atoms. The Morgan fingerprint density at radius 1 is 0.857 bits per heavy atom. The largest absolute Gasteiger partial charge is 0.300 e. The van der Waals surface area contributed by atoms with Crippen molar-refractivity contribution in [2.45, 2.75) is 12.3 Å². The zero-order chi connectivity index (χ0) is 19.1. The molecule has 4 aromatic rings. The molecule has 0 saturated carbocycles. The van der Waals surface area contributed by atoms with Crippen LogP contribution in [-0.2, 0) is 4.79 Å². The van der Waals surface area contributed by atoms with Crippen LogP contribution in [-0.4, -0.2) is 12.5 Å². The fourth-order valence-corrected chi connectivity index (χ4v) is 4.49. The first-order valence-corrected chi connectivity index (χ1v) is 9.51. The van der Waals surface area contributed by atoms with Crippen LogP contribution in [0.3, 0.4) is 0 Å². The Bertz CT molecular complexity index is 1260. The van der Waals surface area contributed by atoms with Gasteiger partial charge in [0.1, 0.15) is 0 Å². The molecule has 0 spiro atoms. The van der Waals surface area contributed by atoms with Crippen LogP contribution in [0.5, 0.6) is 0 Å². The zero-order valence-corrected chi connectivity index (χ0v) is 15.4. The highest BCUT2D eigenvalue weighted by Crippen LogP contribution is 2.45. The maximum atomic E-state index is 13.0. The van der Waals surface area contributed by atoms with E-state index < -0.39 is 0 Å². The molecule has 1 unspecified atom stereocenters. The summed E-state index contributed by atoms with van der Waals surface area (Å²) in [6.45, 7) is 0.298. The molecule has 2 heteroatoms. The molecule has 1 heterocycles. The highest BCUT2D eigenvalue weighted by molar-refractivity contribution is 6.04. The molecular formula is C26H19NO. The normalized spacial score (nSPS) is 16.2. The van der Waals surface area contributed by atoms with Crippen molar-refractivity contribution in [2.75, 3.05) is 11.4 Å². The van der Waals surface area contributed by atoms with E-state index in [2.05, 4.69) is 78.7 Å². The number of amides is 1. The minimum atomic E-state index is 0.00808. The number of rotatable bonds is 2. The minimum Gasteiger partial charge on any atom is -0.300 e. The lowest BCUT2D eigenvalue weighted by Crippen LogP contribution is -2.37. The molecule has 0 fully saturated rings. The second kappa shape index (κ2) is 6.55. The number of carbonyl (C=O) groups is 1. The molecule has 5 rings (SSSR count). The third-order valence-electron chi connectivity index (χ3n) is 5.71. The Kier molecular flexibility index (Phi) is 3.88. The van der Waals surface area contributed by atoms with Crippen molar-refractivity contribution < 1.29 is 4.79 Å². The van der Waals surface area contributed by atoms with Gasteiger partial charge in [0.05, 0.1) is 6.54 Å². The lowest BCUT2D eigenvalue weighted by molar-refractivity contribution is -0.119. The smallest absolute Gasteiger partial charge is 0.228 e. The van der Waals surface area contributed by atoms with E-state index in [1.54, 1.807) is 4.90 Å². The second-order valence-corrected chi connectivity index (χ2v) is 7.23. The predicted octanol–water partition coefficient (Wildman–Crippen LogP) is 5.49. The average molecular weight is 361 g/mol. The standard InChI is InChI=1S/C26H19NO/c1-2-16-27-24-15-14-19-9-4-6-12-21(19)26(24)23(17-25(27)28)22-13-7-10-18-8-3-5-11-20(18)22/h1,3-15,23H,16-17H2. The summed E-state index contributed by atoms with van der Waals surface area (Å²) in [6, 6.07) is 27.3. The third-order valence-corrected chi connectivity index (χ3v) is 5.71. The number of terminal acetylenes is 1. The topological polar surface area (TPSA) is 20.3 Å². The molecule has 1 atom stereocenters. The highest BCUT2D eigenvalue weighted by atomic mass is 16.2. The SMILES string of the molecule is C#CCN1C(=O)CC(c2cccc3ccccc23)c2c1ccc1ccccc21. The minimum absolute atomic E-state index is 0.00808. The summed E-state index contributed by atoms with van der Waals surface area (Å²) in [5, 5.41) is 4.77. The van der Waals surface area contributed by atoms with Gasteiger partial charge in [-0.2, -0.15) is 0 Å². The number of hydrogen-bond acceptors (Lipinski definition) is 1. The Morgan fingerprint density at radius 3 is 2.32 bits per heavy atom. The van der Waals surface area contributed by atoms with Crippen LogP contribution >= 0.6 is 0 Å². The number of nitrogens with zero attached hydrogens (tertiary/aromatic N) is 1. The molecule has 1 aliphatic rings. The lowest BCUT2D eigenvalue weighted by Gasteiger charge is -2.34. The predicted molar refractivity (Wildman–Crippen MR) is 116 cm³/mol. The van der Waals surface area contributed by atoms with Crippen molar-refractivity contribution in [1.29, 1.82) is 0 Å². The van der Waals surface area contributed by atoms with E-state index in [0.29, 0.717) is 13.0 Å². The molecular weight excluding hydrogens is 342 g/mol. The fourth-order valence-electron chi connectivity index (χ4n) is 4.49. The summed E-state index contributed by atoms with van der Waals surface area (Å²) < 4.78 is 0. The molecule has 0 aromatic heterocycles. The summed E-state index contributed by atoms with van der Waals surface area (Å²) >= 11 is 0. The summed E-state index contributed by atoms with van der Waals surface area (Å²) in [6.07, 6.45) is 5.99. The molecule has 1 aliphatic heterocycles. The van der Waals surface area contributed by atoms with Crippen LogP contribution in [0.25, 0.3) is 21.5 Å². The van der Waals surface area contributed by atoms with E-state index in [0.717, 1.165) is 5.69 Å². The van der Waals surface area contributed by atoms with Gasteiger partial charge in [0.25, 0.3) is 0 Å². The fraction of sp³-hybridized carbons (Fsp3) is 0.115. The molecule has 1 amide bonds. The van der Waals surface area contributed by atoms with Gasteiger partial charge in [0.15, 0.2) is 0 Å². The van der Waals surface area contributed by atoms with E-state index in [4.69, 9.17) is 6.42 Å². The van der Waals surface area contributed by atoms with Crippen LogP contribution in [0.1, 0.15) is 23.5 Å². The molecule has 4 aromatic carbocycles. The van der Waals surface area contributed by atoms with Crippen LogP contribution in [0.2, 0.25) is 0 Å². The van der Waals surface area contributed by atoms with Gasteiger partial charge in [-0.3, -0.25) is 4.79 Å². The van der Waals surface area contributed by atoms with Gasteiger partial charge < -0.3 is 4.90 Å².